The summed E-state index contributed by atoms with van der Waals surface area (Å²) >= 11 is 1.44. The van der Waals surface area contributed by atoms with Crippen molar-refractivity contribution in [3.05, 3.63) is 35.3 Å². The first kappa shape index (κ1) is 11.7. The lowest BCUT2D eigenvalue weighted by molar-refractivity contribution is -0.138. The highest BCUT2D eigenvalue weighted by Gasteiger charge is 2.12. The average molecular weight is 249 g/mol. The highest BCUT2D eigenvalue weighted by molar-refractivity contribution is 7.12. The second kappa shape index (κ2) is 5.03. The summed E-state index contributed by atoms with van der Waals surface area (Å²) < 4.78 is 0. The molecule has 88 valence electrons. The van der Waals surface area contributed by atoms with Crippen LogP contribution in [0.15, 0.2) is 29.8 Å². The Labute approximate surface area is 102 Å². The van der Waals surface area contributed by atoms with Gasteiger partial charge in [0.2, 0.25) is 0 Å². The predicted octanol–water partition coefficient (Wildman–Crippen LogP) is 1.16. The fourth-order valence-corrected chi connectivity index (χ4v) is 2.02. The zero-order chi connectivity index (χ0) is 12.3. The third kappa shape index (κ3) is 2.86. The van der Waals surface area contributed by atoms with Gasteiger partial charge < -0.3 is 10.8 Å². The van der Waals surface area contributed by atoms with Gasteiger partial charge in [-0.25, -0.2) is 0 Å². The van der Waals surface area contributed by atoms with Gasteiger partial charge in [0.05, 0.1) is 0 Å². The van der Waals surface area contributed by atoms with E-state index in [1.807, 2.05) is 24.3 Å². The molecule has 1 heterocycles. The molecule has 2 rings (SSSR count). The summed E-state index contributed by atoms with van der Waals surface area (Å²) in [6.45, 7) is 0. The van der Waals surface area contributed by atoms with Gasteiger partial charge in [0, 0.05) is 5.56 Å². The van der Waals surface area contributed by atoms with Crippen LogP contribution in [0.25, 0.3) is 10.6 Å². The summed E-state index contributed by atoms with van der Waals surface area (Å²) in [5, 5.41) is 17.3. The molecule has 0 saturated heterocycles. The molecule has 0 aliphatic heterocycles. The van der Waals surface area contributed by atoms with Gasteiger partial charge in [0.25, 0.3) is 0 Å². The van der Waals surface area contributed by atoms with Crippen molar-refractivity contribution in [1.82, 2.24) is 10.2 Å². The van der Waals surface area contributed by atoms with Crippen LogP contribution < -0.4 is 5.73 Å². The summed E-state index contributed by atoms with van der Waals surface area (Å²) in [6, 6.07) is 6.65. The summed E-state index contributed by atoms with van der Waals surface area (Å²) in [5.74, 6) is -0.994. The minimum atomic E-state index is -0.994. The van der Waals surface area contributed by atoms with Crippen molar-refractivity contribution in [1.29, 1.82) is 0 Å². The largest absolute Gasteiger partial charge is 0.480 e. The van der Waals surface area contributed by atoms with E-state index < -0.39 is 12.0 Å². The molecular weight excluding hydrogens is 238 g/mol. The van der Waals surface area contributed by atoms with Crippen LogP contribution in [0, 0.1) is 0 Å². The molecule has 0 radical (unpaired) electrons. The molecule has 6 heteroatoms. The Morgan fingerprint density at radius 2 is 2.35 bits per heavy atom. The average Bonchev–Trinajstić information content (AvgIpc) is 2.82. The quantitative estimate of drug-likeness (QED) is 0.848. The molecule has 2 aromatic rings. The first-order chi connectivity index (χ1) is 8.16. The second-order valence-corrected chi connectivity index (χ2v) is 4.43. The second-order valence-electron chi connectivity index (χ2n) is 3.59. The molecule has 0 aliphatic carbocycles. The predicted molar refractivity (Wildman–Crippen MR) is 64.7 cm³/mol. The molecule has 0 amide bonds. The standard InChI is InChI=1S/C11H11N3O2S/c12-9(11(15)16)5-7-2-1-3-8(4-7)10-14-13-6-17-10/h1-4,6,9H,5,12H2,(H,15,16)/t9-/m0/s1. The van der Waals surface area contributed by atoms with Crippen LogP contribution in [0.5, 0.6) is 0 Å². The van der Waals surface area contributed by atoms with Crippen molar-refractivity contribution < 1.29 is 9.90 Å². The number of nitrogens with zero attached hydrogens (tertiary/aromatic N) is 2. The van der Waals surface area contributed by atoms with Crippen molar-refractivity contribution in [2.45, 2.75) is 12.5 Å². The third-order valence-electron chi connectivity index (χ3n) is 2.31. The molecule has 0 aliphatic rings. The number of carboxylic acid groups (broad SMARTS) is 1. The van der Waals surface area contributed by atoms with E-state index in [1.165, 1.54) is 11.3 Å². The van der Waals surface area contributed by atoms with E-state index in [1.54, 1.807) is 5.51 Å². The molecule has 1 atom stereocenters. The van der Waals surface area contributed by atoms with Gasteiger partial charge >= 0.3 is 5.97 Å². The molecule has 0 bridgehead atoms. The van der Waals surface area contributed by atoms with E-state index in [2.05, 4.69) is 10.2 Å². The van der Waals surface area contributed by atoms with Gasteiger partial charge in [-0.3, -0.25) is 4.79 Å². The Hall–Kier alpha value is -1.79. The Kier molecular flexibility index (Phi) is 3.46. The Bertz CT molecular complexity index is 513. The first-order valence-corrected chi connectivity index (χ1v) is 5.88. The van der Waals surface area contributed by atoms with Crippen LogP contribution in [0.3, 0.4) is 0 Å². The summed E-state index contributed by atoms with van der Waals surface area (Å²) in [5.41, 5.74) is 8.97. The van der Waals surface area contributed by atoms with E-state index >= 15 is 0 Å². The number of nitrogens with two attached hydrogens (primary N) is 1. The van der Waals surface area contributed by atoms with Crippen molar-refractivity contribution in [3.8, 4) is 10.6 Å². The van der Waals surface area contributed by atoms with Gasteiger partial charge in [0.15, 0.2) is 0 Å². The number of hydrogen-bond donors (Lipinski definition) is 2. The molecule has 0 unspecified atom stereocenters. The number of rotatable bonds is 4. The summed E-state index contributed by atoms with van der Waals surface area (Å²) in [7, 11) is 0. The summed E-state index contributed by atoms with van der Waals surface area (Å²) in [6.07, 6.45) is 0.308. The first-order valence-electron chi connectivity index (χ1n) is 5.00. The number of aromatic nitrogens is 2. The van der Waals surface area contributed by atoms with Crippen LogP contribution in [0.4, 0.5) is 0 Å². The molecule has 0 saturated carbocycles. The van der Waals surface area contributed by atoms with Crippen LogP contribution >= 0.6 is 11.3 Å². The van der Waals surface area contributed by atoms with Crippen molar-refractivity contribution >= 4 is 17.3 Å². The van der Waals surface area contributed by atoms with E-state index in [4.69, 9.17) is 10.8 Å². The summed E-state index contributed by atoms with van der Waals surface area (Å²) in [4.78, 5) is 10.7. The van der Waals surface area contributed by atoms with Crippen LogP contribution in [0.1, 0.15) is 5.56 Å². The number of carboxylic acids is 1. The van der Waals surface area contributed by atoms with Gasteiger partial charge in [-0.05, 0) is 18.1 Å². The van der Waals surface area contributed by atoms with Crippen molar-refractivity contribution in [2.75, 3.05) is 0 Å². The Morgan fingerprint density at radius 3 is 3.00 bits per heavy atom. The number of carbonyl (C=O) groups is 1. The fourth-order valence-electron chi connectivity index (χ4n) is 1.47. The topological polar surface area (TPSA) is 89.1 Å². The maximum absolute atomic E-state index is 10.7. The highest BCUT2D eigenvalue weighted by atomic mass is 32.1. The lowest BCUT2D eigenvalue weighted by atomic mass is 10.0. The Balaban J connectivity index is 2.20. The van der Waals surface area contributed by atoms with E-state index in [0.717, 1.165) is 16.1 Å². The molecule has 1 aromatic carbocycles. The normalized spacial score (nSPS) is 12.3. The number of aliphatic carboxylic acids is 1. The molecule has 0 spiro atoms. The van der Waals surface area contributed by atoms with Crippen LogP contribution in [0.2, 0.25) is 0 Å². The van der Waals surface area contributed by atoms with Gasteiger partial charge in [-0.15, -0.1) is 10.2 Å². The Morgan fingerprint density at radius 1 is 1.53 bits per heavy atom. The molecule has 17 heavy (non-hydrogen) atoms. The minimum Gasteiger partial charge on any atom is -0.480 e. The molecular formula is C11H11N3O2S. The zero-order valence-electron chi connectivity index (χ0n) is 8.91. The fraction of sp³-hybridized carbons (Fsp3) is 0.182. The maximum atomic E-state index is 10.7. The SMILES string of the molecule is N[C@@H](Cc1cccc(-c2nncs2)c1)C(=O)O. The maximum Gasteiger partial charge on any atom is 0.320 e. The van der Waals surface area contributed by atoms with Gasteiger partial charge in [-0.2, -0.15) is 0 Å². The van der Waals surface area contributed by atoms with Crippen LogP contribution in [-0.2, 0) is 11.2 Å². The highest BCUT2D eigenvalue weighted by Crippen LogP contribution is 2.21. The number of hydrogen-bond acceptors (Lipinski definition) is 5. The van der Waals surface area contributed by atoms with Crippen LogP contribution in [-0.4, -0.2) is 27.3 Å². The zero-order valence-corrected chi connectivity index (χ0v) is 9.72. The lowest BCUT2D eigenvalue weighted by Crippen LogP contribution is -2.32. The van der Waals surface area contributed by atoms with Crippen molar-refractivity contribution in [3.63, 3.8) is 0 Å². The monoisotopic (exact) mass is 249 g/mol. The third-order valence-corrected chi connectivity index (χ3v) is 3.05. The minimum absolute atomic E-state index is 0.308. The smallest absolute Gasteiger partial charge is 0.320 e. The number of benzene rings is 1. The molecule has 5 nitrogen and oxygen atoms in total. The lowest BCUT2D eigenvalue weighted by Gasteiger charge is -2.07. The van der Waals surface area contributed by atoms with E-state index in [-0.39, 0.29) is 0 Å². The van der Waals surface area contributed by atoms with Gasteiger partial charge in [-0.1, -0.05) is 29.5 Å². The molecule has 3 N–H and O–H groups in total. The molecule has 0 fully saturated rings. The van der Waals surface area contributed by atoms with Crippen molar-refractivity contribution in [2.24, 2.45) is 5.73 Å². The molecule has 1 aromatic heterocycles. The van der Waals surface area contributed by atoms with Gasteiger partial charge in [0.1, 0.15) is 16.6 Å². The van der Waals surface area contributed by atoms with E-state index in [9.17, 15) is 4.79 Å². The van der Waals surface area contributed by atoms with E-state index in [0.29, 0.717) is 6.42 Å².